The SMILES string of the molecule is CCCCn1c2ccccc2c2cc([SH](=O)=O)c(-c3ccccn3)cc21.c1ccc2sccc2c1.c1ccc2sccc2c1. The maximum atomic E-state index is 12.0. The lowest BCUT2D eigenvalue weighted by Crippen LogP contribution is -1.98. The zero-order valence-electron chi connectivity index (χ0n) is 24.3. The minimum atomic E-state index is -2.72. The molecule has 0 N–H and O–H groups in total. The van der Waals surface area contributed by atoms with Gasteiger partial charge in [0.1, 0.15) is 0 Å². The number of thiophene rings is 2. The fourth-order valence-corrected chi connectivity index (χ4v) is 7.52. The number of benzene rings is 4. The molecule has 7 heteroatoms. The summed E-state index contributed by atoms with van der Waals surface area (Å²) in [4.78, 5) is 4.69. The van der Waals surface area contributed by atoms with Gasteiger partial charge < -0.3 is 4.57 Å². The summed E-state index contributed by atoms with van der Waals surface area (Å²) < 4.78 is 29.0. The second kappa shape index (κ2) is 14.0. The molecule has 0 saturated carbocycles. The van der Waals surface area contributed by atoms with E-state index in [2.05, 4.69) is 100 Å². The number of aromatic nitrogens is 2. The lowest BCUT2D eigenvalue weighted by Gasteiger charge is -2.09. The van der Waals surface area contributed by atoms with Crippen LogP contribution < -0.4 is 0 Å². The summed E-state index contributed by atoms with van der Waals surface area (Å²) in [7, 11) is -2.72. The molecule has 8 rings (SSSR count). The van der Waals surface area contributed by atoms with Crippen LogP contribution in [0.15, 0.2) is 137 Å². The summed E-state index contributed by atoms with van der Waals surface area (Å²) in [6.45, 7) is 3.08. The fraction of sp³-hybridized carbons (Fsp3) is 0.108. The van der Waals surface area contributed by atoms with Gasteiger partial charge in [0, 0.05) is 49.5 Å². The number of rotatable bonds is 5. The van der Waals surface area contributed by atoms with E-state index in [0.29, 0.717) is 16.2 Å². The Morgan fingerprint density at radius 1 is 0.682 bits per heavy atom. The van der Waals surface area contributed by atoms with Crippen molar-refractivity contribution in [3.63, 3.8) is 0 Å². The normalized spacial score (nSPS) is 11.0. The van der Waals surface area contributed by atoms with E-state index in [1.165, 1.54) is 20.2 Å². The van der Waals surface area contributed by atoms with Crippen molar-refractivity contribution in [2.75, 3.05) is 0 Å². The van der Waals surface area contributed by atoms with E-state index < -0.39 is 10.7 Å². The highest BCUT2D eigenvalue weighted by molar-refractivity contribution is 7.72. The molecule has 8 aromatic rings. The molecule has 0 fully saturated rings. The Bertz CT molecular complexity index is 2090. The van der Waals surface area contributed by atoms with Crippen LogP contribution in [-0.2, 0) is 17.2 Å². The van der Waals surface area contributed by atoms with Crippen LogP contribution in [0.2, 0.25) is 0 Å². The summed E-state index contributed by atoms with van der Waals surface area (Å²) in [6.07, 6.45) is 3.86. The predicted octanol–water partition coefficient (Wildman–Crippen LogP) is 10.4. The number of fused-ring (bicyclic) bond motifs is 5. The van der Waals surface area contributed by atoms with Crippen molar-refractivity contribution in [2.24, 2.45) is 0 Å². The molecule has 44 heavy (non-hydrogen) atoms. The van der Waals surface area contributed by atoms with Crippen LogP contribution >= 0.6 is 22.7 Å². The van der Waals surface area contributed by atoms with E-state index in [1.54, 1.807) is 34.9 Å². The molecule has 4 nitrogen and oxygen atoms in total. The minimum absolute atomic E-state index is 0.324. The molecule has 0 atom stereocenters. The van der Waals surface area contributed by atoms with Crippen LogP contribution in [0.1, 0.15) is 19.8 Å². The zero-order chi connectivity index (χ0) is 30.3. The first-order valence-corrected chi connectivity index (χ1v) is 17.5. The molecule has 220 valence electrons. The van der Waals surface area contributed by atoms with Gasteiger partial charge in [0.15, 0.2) is 10.7 Å². The van der Waals surface area contributed by atoms with Gasteiger partial charge in [0.05, 0.1) is 10.6 Å². The van der Waals surface area contributed by atoms with Crippen LogP contribution in [-0.4, -0.2) is 18.0 Å². The Labute approximate surface area is 266 Å². The van der Waals surface area contributed by atoms with Gasteiger partial charge in [-0.25, -0.2) is 8.42 Å². The van der Waals surface area contributed by atoms with Gasteiger partial charge in [0.2, 0.25) is 0 Å². The first kappa shape index (κ1) is 29.8. The van der Waals surface area contributed by atoms with Gasteiger partial charge in [-0.15, -0.1) is 22.7 Å². The first-order valence-electron chi connectivity index (χ1n) is 14.6. The summed E-state index contributed by atoms with van der Waals surface area (Å²) in [6, 6.07) is 38.6. The maximum absolute atomic E-state index is 12.0. The summed E-state index contributed by atoms with van der Waals surface area (Å²) >= 11 is 3.57. The van der Waals surface area contributed by atoms with Gasteiger partial charge in [-0.3, -0.25) is 4.98 Å². The molecule has 0 saturated heterocycles. The second-order valence-corrected chi connectivity index (χ2v) is 13.2. The smallest absolute Gasteiger partial charge is 0.168 e. The van der Waals surface area contributed by atoms with Crippen molar-refractivity contribution in [1.29, 1.82) is 0 Å². The Balaban J connectivity index is 0.000000153. The van der Waals surface area contributed by atoms with E-state index in [-0.39, 0.29) is 0 Å². The van der Waals surface area contributed by atoms with E-state index in [4.69, 9.17) is 0 Å². The number of nitrogens with zero attached hydrogens (tertiary/aromatic N) is 2. The zero-order valence-corrected chi connectivity index (χ0v) is 26.8. The van der Waals surface area contributed by atoms with Crippen molar-refractivity contribution < 1.29 is 8.42 Å². The standard InChI is InChI=1S/C21H20N2O2S.2C8H6S/c1-2-3-12-23-19-10-5-4-8-15(19)16-14-21(26(24)25)17(13-20(16)23)18-9-6-7-11-22-18;2*1-2-4-8-7(3-1)5-6-9-8/h4-11,13-14,26H,2-3,12H2,1H3;2*1-6H. The molecule has 0 aliphatic rings. The largest absolute Gasteiger partial charge is 0.340 e. The Morgan fingerprint density at radius 2 is 1.32 bits per heavy atom. The third kappa shape index (κ3) is 6.45. The molecule has 0 radical (unpaired) electrons. The van der Waals surface area contributed by atoms with E-state index in [1.807, 2.05) is 36.4 Å². The second-order valence-electron chi connectivity index (χ2n) is 10.3. The molecule has 0 spiro atoms. The van der Waals surface area contributed by atoms with Crippen molar-refractivity contribution in [3.8, 4) is 11.3 Å². The first-order chi connectivity index (χ1) is 21.6. The summed E-state index contributed by atoms with van der Waals surface area (Å²) in [5, 5.41) is 9.00. The molecule has 0 bridgehead atoms. The number of hydrogen-bond acceptors (Lipinski definition) is 5. The van der Waals surface area contributed by atoms with E-state index in [9.17, 15) is 8.42 Å². The number of thiol groups is 1. The van der Waals surface area contributed by atoms with Gasteiger partial charge in [-0.1, -0.05) is 74.0 Å². The monoisotopic (exact) mass is 632 g/mol. The third-order valence-corrected chi connectivity index (χ3v) is 10.0. The van der Waals surface area contributed by atoms with E-state index >= 15 is 0 Å². The lowest BCUT2D eigenvalue weighted by molar-refractivity contribution is 0.615. The Kier molecular flexibility index (Phi) is 9.46. The number of para-hydroxylation sites is 1. The lowest BCUT2D eigenvalue weighted by atomic mass is 10.1. The quantitative estimate of drug-likeness (QED) is 0.192. The van der Waals surface area contributed by atoms with E-state index in [0.717, 1.165) is 41.2 Å². The fourth-order valence-electron chi connectivity index (χ4n) is 5.33. The number of hydrogen-bond donors (Lipinski definition) is 1. The summed E-state index contributed by atoms with van der Waals surface area (Å²) in [5.74, 6) is 0. The van der Waals surface area contributed by atoms with Crippen LogP contribution in [0, 0.1) is 0 Å². The average molecular weight is 633 g/mol. The highest BCUT2D eigenvalue weighted by atomic mass is 32.2. The molecule has 4 aromatic carbocycles. The van der Waals surface area contributed by atoms with Crippen molar-refractivity contribution in [3.05, 3.63) is 132 Å². The molecule has 0 amide bonds. The Morgan fingerprint density at radius 3 is 1.93 bits per heavy atom. The molecule has 4 aromatic heterocycles. The minimum Gasteiger partial charge on any atom is -0.340 e. The summed E-state index contributed by atoms with van der Waals surface area (Å²) in [5.41, 5.74) is 3.53. The molecule has 4 heterocycles. The number of unbranched alkanes of at least 4 members (excludes halogenated alkanes) is 1. The molecule has 0 aliphatic heterocycles. The van der Waals surface area contributed by atoms with Crippen LogP contribution in [0.25, 0.3) is 53.2 Å². The predicted molar refractivity (Wildman–Crippen MR) is 190 cm³/mol. The molecular formula is C37H32N2O2S3. The van der Waals surface area contributed by atoms with Gasteiger partial charge in [-0.05, 0) is 82.6 Å². The number of pyridine rings is 1. The third-order valence-electron chi connectivity index (χ3n) is 7.49. The van der Waals surface area contributed by atoms with Crippen molar-refractivity contribution >= 4 is 75.4 Å². The average Bonchev–Trinajstić information content (AvgIpc) is 3.82. The molecule has 0 aliphatic carbocycles. The van der Waals surface area contributed by atoms with Gasteiger partial charge >= 0.3 is 0 Å². The molecular weight excluding hydrogens is 601 g/mol. The van der Waals surface area contributed by atoms with Gasteiger partial charge in [-0.2, -0.15) is 0 Å². The maximum Gasteiger partial charge on any atom is 0.168 e. The van der Waals surface area contributed by atoms with Crippen molar-refractivity contribution in [2.45, 2.75) is 31.2 Å². The Hall–Kier alpha value is -4.30. The highest BCUT2D eigenvalue weighted by Gasteiger charge is 2.16. The van der Waals surface area contributed by atoms with Crippen LogP contribution in [0.5, 0.6) is 0 Å². The molecule has 0 unspecified atom stereocenters. The highest BCUT2D eigenvalue weighted by Crippen LogP contribution is 2.35. The van der Waals surface area contributed by atoms with Gasteiger partial charge in [0.25, 0.3) is 0 Å². The van der Waals surface area contributed by atoms with Crippen LogP contribution in [0.4, 0.5) is 0 Å². The topological polar surface area (TPSA) is 52.0 Å². The number of aryl methyl sites for hydroxylation is 1. The van der Waals surface area contributed by atoms with Crippen molar-refractivity contribution in [1.82, 2.24) is 9.55 Å². The van der Waals surface area contributed by atoms with Crippen LogP contribution in [0.3, 0.4) is 0 Å².